The van der Waals surface area contributed by atoms with Gasteiger partial charge in [-0.1, -0.05) is 40.2 Å². The van der Waals surface area contributed by atoms with Gasteiger partial charge >= 0.3 is 5.97 Å². The molecule has 3 nitrogen and oxygen atoms in total. The molecule has 0 saturated heterocycles. The first-order chi connectivity index (χ1) is 7.67. The van der Waals surface area contributed by atoms with Crippen LogP contribution < -0.4 is 0 Å². The summed E-state index contributed by atoms with van der Waals surface area (Å²) in [5.41, 5.74) is 1.69. The highest BCUT2D eigenvalue weighted by Gasteiger charge is 2.08. The molecule has 1 unspecified atom stereocenters. The van der Waals surface area contributed by atoms with Gasteiger partial charge in [-0.3, -0.25) is 4.79 Å². The molecule has 1 aromatic carbocycles. The first-order valence-electron chi connectivity index (χ1n) is 5.01. The molecule has 1 rings (SSSR count). The number of hydrogen-bond donors (Lipinski definition) is 0. The first-order valence-corrected chi connectivity index (χ1v) is 5.92. The number of esters is 1. The van der Waals surface area contributed by atoms with Gasteiger partial charge in [0.2, 0.25) is 0 Å². The molecule has 1 atom stereocenters. The summed E-state index contributed by atoms with van der Waals surface area (Å²) in [7, 11) is 0. The Kier molecular flexibility index (Phi) is 5.19. The predicted molar refractivity (Wildman–Crippen MR) is 64.5 cm³/mol. The Morgan fingerprint density at radius 3 is 2.94 bits per heavy atom. The van der Waals surface area contributed by atoms with Crippen molar-refractivity contribution in [2.45, 2.75) is 18.2 Å². The summed E-state index contributed by atoms with van der Waals surface area (Å²) in [6.07, 6.45) is 1.05. The lowest BCUT2D eigenvalue weighted by molar-refractivity contribution is -0.142. The number of alkyl halides is 1. The highest BCUT2D eigenvalue weighted by molar-refractivity contribution is 9.09. The van der Waals surface area contributed by atoms with Crippen molar-refractivity contribution in [2.75, 3.05) is 6.61 Å². The van der Waals surface area contributed by atoms with E-state index in [1.165, 1.54) is 0 Å². The van der Waals surface area contributed by atoms with E-state index >= 15 is 0 Å². The molecule has 0 heterocycles. The predicted octanol–water partition coefficient (Wildman–Crippen LogP) is 2.43. The summed E-state index contributed by atoms with van der Waals surface area (Å²) in [6.45, 7) is 2.16. The summed E-state index contributed by atoms with van der Waals surface area (Å²) in [5, 5.41) is 0. The summed E-state index contributed by atoms with van der Waals surface area (Å²) < 4.78 is 4.85. The first kappa shape index (κ1) is 12.9. The molecule has 0 N–H and O–H groups in total. The van der Waals surface area contributed by atoms with Crippen LogP contribution in [0, 0.1) is 0 Å². The number of halogens is 1. The van der Waals surface area contributed by atoms with Crippen LogP contribution in [0.15, 0.2) is 24.3 Å². The Hall–Kier alpha value is -1.16. The van der Waals surface area contributed by atoms with Gasteiger partial charge in [-0.25, -0.2) is 0 Å². The molecule has 16 heavy (non-hydrogen) atoms. The number of hydrogen-bond acceptors (Lipinski definition) is 3. The van der Waals surface area contributed by atoms with Crippen LogP contribution in [-0.4, -0.2) is 18.9 Å². The van der Waals surface area contributed by atoms with Gasteiger partial charge in [0, 0.05) is 0 Å². The van der Waals surface area contributed by atoms with E-state index < -0.39 is 0 Å². The minimum absolute atomic E-state index is 0.236. The van der Waals surface area contributed by atoms with Gasteiger partial charge in [-0.15, -0.1) is 0 Å². The molecule has 0 aliphatic heterocycles. The van der Waals surface area contributed by atoms with Crippen molar-refractivity contribution in [3.63, 3.8) is 0 Å². The van der Waals surface area contributed by atoms with Gasteiger partial charge in [-0.05, 0) is 18.1 Å². The van der Waals surface area contributed by atoms with Gasteiger partial charge < -0.3 is 9.53 Å². The van der Waals surface area contributed by atoms with Crippen LogP contribution in [0.4, 0.5) is 0 Å². The van der Waals surface area contributed by atoms with Crippen LogP contribution in [0.25, 0.3) is 0 Å². The maximum atomic E-state index is 11.3. The third-order valence-corrected chi connectivity index (χ3v) is 2.79. The SMILES string of the molecule is CCOC(=O)Cc1cccc(C(Br)C=O)c1. The van der Waals surface area contributed by atoms with E-state index in [1.54, 1.807) is 6.92 Å². The van der Waals surface area contributed by atoms with Gasteiger partial charge in [-0.2, -0.15) is 0 Å². The molecule has 0 radical (unpaired) electrons. The van der Waals surface area contributed by atoms with E-state index in [1.807, 2.05) is 24.3 Å². The van der Waals surface area contributed by atoms with Crippen LogP contribution in [0.3, 0.4) is 0 Å². The Balaban J connectivity index is 2.74. The van der Waals surface area contributed by atoms with Crippen molar-refractivity contribution in [1.82, 2.24) is 0 Å². The molecule has 0 aromatic heterocycles. The lowest BCUT2D eigenvalue weighted by atomic mass is 10.1. The zero-order valence-corrected chi connectivity index (χ0v) is 10.6. The molecule has 1 aromatic rings. The van der Waals surface area contributed by atoms with Crippen LogP contribution in [-0.2, 0) is 20.7 Å². The summed E-state index contributed by atoms with van der Waals surface area (Å²) in [6, 6.07) is 7.32. The molecule has 0 aliphatic carbocycles. The maximum Gasteiger partial charge on any atom is 0.310 e. The van der Waals surface area contributed by atoms with Gasteiger partial charge in [0.05, 0.1) is 17.9 Å². The molecule has 0 saturated carbocycles. The number of rotatable bonds is 5. The van der Waals surface area contributed by atoms with Crippen molar-refractivity contribution < 1.29 is 14.3 Å². The minimum atomic E-state index is -0.324. The third-order valence-electron chi connectivity index (χ3n) is 2.04. The van der Waals surface area contributed by atoms with E-state index in [0.29, 0.717) is 6.61 Å². The normalized spacial score (nSPS) is 11.9. The number of carbonyl (C=O) groups is 2. The fourth-order valence-corrected chi connectivity index (χ4v) is 1.62. The van der Waals surface area contributed by atoms with Crippen LogP contribution in [0.1, 0.15) is 22.9 Å². The Labute approximate surface area is 103 Å². The molecular weight excluding hydrogens is 272 g/mol. The lowest BCUT2D eigenvalue weighted by Gasteiger charge is -2.06. The molecule has 0 bridgehead atoms. The Morgan fingerprint density at radius 1 is 1.56 bits per heavy atom. The average Bonchev–Trinajstić information content (AvgIpc) is 2.28. The highest BCUT2D eigenvalue weighted by Crippen LogP contribution is 2.21. The molecule has 0 spiro atoms. The lowest BCUT2D eigenvalue weighted by Crippen LogP contribution is -2.07. The van der Waals surface area contributed by atoms with Crippen LogP contribution >= 0.6 is 15.9 Å². The van der Waals surface area contributed by atoms with E-state index in [2.05, 4.69) is 15.9 Å². The monoisotopic (exact) mass is 284 g/mol. The second-order valence-electron chi connectivity index (χ2n) is 3.26. The summed E-state index contributed by atoms with van der Waals surface area (Å²) in [4.78, 5) is 21.5. The minimum Gasteiger partial charge on any atom is -0.466 e. The van der Waals surface area contributed by atoms with Gasteiger partial charge in [0.1, 0.15) is 6.29 Å². The van der Waals surface area contributed by atoms with Gasteiger partial charge in [0.25, 0.3) is 0 Å². The second kappa shape index (κ2) is 6.43. The maximum absolute atomic E-state index is 11.3. The smallest absolute Gasteiger partial charge is 0.310 e. The number of carbonyl (C=O) groups excluding carboxylic acids is 2. The number of benzene rings is 1. The largest absolute Gasteiger partial charge is 0.466 e. The molecular formula is C12H13BrO3. The van der Waals surface area contributed by atoms with Crippen molar-refractivity contribution in [2.24, 2.45) is 0 Å². The van der Waals surface area contributed by atoms with E-state index in [0.717, 1.165) is 17.4 Å². The third kappa shape index (κ3) is 3.77. The van der Waals surface area contributed by atoms with Gasteiger partial charge in [0.15, 0.2) is 0 Å². The zero-order chi connectivity index (χ0) is 12.0. The Morgan fingerprint density at radius 2 is 2.31 bits per heavy atom. The second-order valence-corrected chi connectivity index (χ2v) is 4.25. The molecule has 0 amide bonds. The van der Waals surface area contributed by atoms with Crippen molar-refractivity contribution in [1.29, 1.82) is 0 Å². The van der Waals surface area contributed by atoms with Crippen molar-refractivity contribution in [3.8, 4) is 0 Å². The number of aldehydes is 1. The number of ether oxygens (including phenoxy) is 1. The van der Waals surface area contributed by atoms with Crippen LogP contribution in [0.2, 0.25) is 0 Å². The highest BCUT2D eigenvalue weighted by atomic mass is 79.9. The fourth-order valence-electron chi connectivity index (χ4n) is 1.33. The average molecular weight is 285 g/mol. The Bertz CT molecular complexity index is 376. The van der Waals surface area contributed by atoms with E-state index in [9.17, 15) is 9.59 Å². The topological polar surface area (TPSA) is 43.4 Å². The van der Waals surface area contributed by atoms with E-state index in [-0.39, 0.29) is 17.2 Å². The van der Waals surface area contributed by atoms with E-state index in [4.69, 9.17) is 4.74 Å². The fraction of sp³-hybridized carbons (Fsp3) is 0.333. The molecule has 86 valence electrons. The molecule has 0 aliphatic rings. The molecule has 4 heteroatoms. The standard InChI is InChI=1S/C12H13BrO3/c1-2-16-12(15)7-9-4-3-5-10(6-9)11(13)8-14/h3-6,8,11H,2,7H2,1H3. The van der Waals surface area contributed by atoms with Crippen molar-refractivity contribution >= 4 is 28.2 Å². The van der Waals surface area contributed by atoms with Crippen LogP contribution in [0.5, 0.6) is 0 Å². The zero-order valence-electron chi connectivity index (χ0n) is 8.98. The molecule has 0 fully saturated rings. The quantitative estimate of drug-likeness (QED) is 0.474. The summed E-state index contributed by atoms with van der Waals surface area (Å²) in [5.74, 6) is -0.253. The van der Waals surface area contributed by atoms with Crippen molar-refractivity contribution in [3.05, 3.63) is 35.4 Å². The summed E-state index contributed by atoms with van der Waals surface area (Å²) >= 11 is 3.23.